The third-order valence-corrected chi connectivity index (χ3v) is 2.90. The molecule has 0 aliphatic carbocycles. The van der Waals surface area contributed by atoms with E-state index < -0.39 is 4.92 Å². The van der Waals surface area contributed by atoms with Crippen molar-refractivity contribution in [3.63, 3.8) is 0 Å². The number of rotatable bonds is 7. The lowest BCUT2D eigenvalue weighted by Gasteiger charge is -2.10. The highest BCUT2D eigenvalue weighted by Crippen LogP contribution is 2.24. The van der Waals surface area contributed by atoms with E-state index in [1.165, 1.54) is 0 Å². The number of pyridine rings is 1. The van der Waals surface area contributed by atoms with Gasteiger partial charge in [0.25, 0.3) is 0 Å². The molecule has 0 saturated carbocycles. The van der Waals surface area contributed by atoms with Crippen LogP contribution in [0.15, 0.2) is 12.1 Å². The fourth-order valence-electron chi connectivity index (χ4n) is 1.51. The maximum absolute atomic E-state index is 10.8. The maximum Gasteiger partial charge on any atom is 0.406 e. The summed E-state index contributed by atoms with van der Waals surface area (Å²) in [5.41, 5.74) is 0.609. The zero-order chi connectivity index (χ0) is 13.5. The van der Waals surface area contributed by atoms with Crippen LogP contribution < -0.4 is 4.74 Å². The molecule has 0 amide bonds. The summed E-state index contributed by atoms with van der Waals surface area (Å²) in [6.45, 7) is 4.29. The Hall–Kier alpha value is -1.30. The molecule has 100 valence electrons. The molecule has 1 atom stereocenters. The molecule has 0 saturated heterocycles. The van der Waals surface area contributed by atoms with Crippen molar-refractivity contribution in [2.45, 2.75) is 26.7 Å². The Kier molecular flexibility index (Phi) is 5.91. The Labute approximate surface area is 112 Å². The molecular formula is C12H18N2O3S. The fourth-order valence-corrected chi connectivity index (χ4v) is 1.95. The predicted molar refractivity (Wildman–Crippen MR) is 73.4 cm³/mol. The molecule has 0 bridgehead atoms. The van der Waals surface area contributed by atoms with Crippen molar-refractivity contribution in [1.29, 1.82) is 0 Å². The monoisotopic (exact) mass is 270 g/mol. The van der Waals surface area contributed by atoms with Gasteiger partial charge in [-0.2, -0.15) is 12.6 Å². The molecule has 0 aromatic carbocycles. The molecule has 1 aromatic heterocycles. The zero-order valence-corrected chi connectivity index (χ0v) is 11.5. The number of hydrogen-bond donors (Lipinski definition) is 1. The van der Waals surface area contributed by atoms with Crippen LogP contribution in [0.1, 0.15) is 25.5 Å². The average molecular weight is 270 g/mol. The second kappa shape index (κ2) is 7.20. The SMILES string of the molecule is Cc1ccc(OCCC(C)CCS)c([N+](=O)[O-])n1. The molecule has 6 heteroatoms. The minimum atomic E-state index is -0.514. The Bertz CT molecular complexity index is 412. The summed E-state index contributed by atoms with van der Waals surface area (Å²) in [5, 5.41) is 10.8. The largest absolute Gasteiger partial charge is 0.486 e. The first kappa shape index (κ1) is 14.8. The smallest absolute Gasteiger partial charge is 0.406 e. The second-order valence-electron chi connectivity index (χ2n) is 4.29. The van der Waals surface area contributed by atoms with Crippen LogP contribution in [0.5, 0.6) is 5.75 Å². The van der Waals surface area contributed by atoms with Crippen molar-refractivity contribution in [1.82, 2.24) is 4.98 Å². The number of nitrogens with zero attached hydrogens (tertiary/aromatic N) is 2. The average Bonchev–Trinajstić information content (AvgIpc) is 2.31. The van der Waals surface area contributed by atoms with Gasteiger partial charge in [0, 0.05) is 6.92 Å². The molecule has 18 heavy (non-hydrogen) atoms. The normalized spacial score (nSPS) is 12.2. The van der Waals surface area contributed by atoms with Gasteiger partial charge < -0.3 is 14.9 Å². The standard InChI is InChI=1S/C12H18N2O3S/c1-9(6-8-18)5-7-17-11-4-3-10(2)13-12(11)14(15)16/h3-4,9,18H,5-8H2,1-2H3. The van der Waals surface area contributed by atoms with Crippen LogP contribution in [0, 0.1) is 23.0 Å². The highest BCUT2D eigenvalue weighted by Gasteiger charge is 2.17. The van der Waals surface area contributed by atoms with Crippen LogP contribution in [-0.4, -0.2) is 22.3 Å². The van der Waals surface area contributed by atoms with E-state index in [-0.39, 0.29) is 11.6 Å². The number of ether oxygens (including phenoxy) is 1. The quantitative estimate of drug-likeness (QED) is 0.470. The second-order valence-corrected chi connectivity index (χ2v) is 4.73. The predicted octanol–water partition coefficient (Wildman–Crippen LogP) is 3.02. The van der Waals surface area contributed by atoms with Crippen molar-refractivity contribution < 1.29 is 9.66 Å². The van der Waals surface area contributed by atoms with E-state index in [0.29, 0.717) is 18.2 Å². The molecule has 0 spiro atoms. The van der Waals surface area contributed by atoms with E-state index in [0.717, 1.165) is 18.6 Å². The van der Waals surface area contributed by atoms with E-state index >= 15 is 0 Å². The molecule has 1 aromatic rings. The number of aryl methyl sites for hydroxylation is 1. The number of aromatic nitrogens is 1. The molecule has 1 unspecified atom stereocenters. The Morgan fingerprint density at radius 1 is 1.50 bits per heavy atom. The summed E-state index contributed by atoms with van der Waals surface area (Å²) in [6, 6.07) is 3.31. The van der Waals surface area contributed by atoms with Gasteiger partial charge in [-0.3, -0.25) is 0 Å². The third-order valence-electron chi connectivity index (χ3n) is 2.64. The first-order valence-corrected chi connectivity index (χ1v) is 6.53. The van der Waals surface area contributed by atoms with Crippen LogP contribution >= 0.6 is 12.6 Å². The highest BCUT2D eigenvalue weighted by molar-refractivity contribution is 7.80. The Balaban J connectivity index is 2.59. The van der Waals surface area contributed by atoms with Gasteiger partial charge in [-0.15, -0.1) is 0 Å². The zero-order valence-electron chi connectivity index (χ0n) is 10.6. The lowest BCUT2D eigenvalue weighted by molar-refractivity contribution is -0.390. The van der Waals surface area contributed by atoms with Crippen molar-refractivity contribution in [3.05, 3.63) is 27.9 Å². The first-order valence-electron chi connectivity index (χ1n) is 5.90. The first-order chi connectivity index (χ1) is 8.54. The van der Waals surface area contributed by atoms with Gasteiger partial charge in [0.2, 0.25) is 5.75 Å². The summed E-state index contributed by atoms with van der Waals surface area (Å²) in [6.07, 6.45) is 1.87. The van der Waals surface area contributed by atoms with E-state index in [1.807, 2.05) is 0 Å². The molecular weight excluding hydrogens is 252 g/mol. The van der Waals surface area contributed by atoms with Gasteiger partial charge in [-0.25, -0.2) is 0 Å². The number of thiol groups is 1. The lowest BCUT2D eigenvalue weighted by atomic mass is 10.1. The van der Waals surface area contributed by atoms with Gasteiger partial charge in [0.1, 0.15) is 5.69 Å². The van der Waals surface area contributed by atoms with Crippen LogP contribution in [0.3, 0.4) is 0 Å². The molecule has 0 fully saturated rings. The van der Waals surface area contributed by atoms with Crippen LogP contribution in [-0.2, 0) is 0 Å². The summed E-state index contributed by atoms with van der Waals surface area (Å²) in [5.74, 6) is 1.37. The molecule has 0 N–H and O–H groups in total. The summed E-state index contributed by atoms with van der Waals surface area (Å²) < 4.78 is 5.44. The minimum absolute atomic E-state index is 0.211. The Morgan fingerprint density at radius 3 is 2.83 bits per heavy atom. The summed E-state index contributed by atoms with van der Waals surface area (Å²) >= 11 is 4.17. The highest BCUT2D eigenvalue weighted by atomic mass is 32.1. The van der Waals surface area contributed by atoms with Gasteiger partial charge in [0.05, 0.1) is 6.61 Å². The molecule has 0 radical (unpaired) electrons. The van der Waals surface area contributed by atoms with Crippen LogP contribution in [0.2, 0.25) is 0 Å². The van der Waals surface area contributed by atoms with Gasteiger partial charge in [-0.05, 0) is 46.6 Å². The molecule has 1 rings (SSSR count). The van der Waals surface area contributed by atoms with Crippen LogP contribution in [0.4, 0.5) is 5.82 Å². The van der Waals surface area contributed by atoms with Crippen molar-refractivity contribution in [2.75, 3.05) is 12.4 Å². The summed E-state index contributed by atoms with van der Waals surface area (Å²) in [7, 11) is 0. The number of nitro groups is 1. The van der Waals surface area contributed by atoms with E-state index in [2.05, 4.69) is 24.5 Å². The van der Waals surface area contributed by atoms with Crippen molar-refractivity contribution >= 4 is 18.4 Å². The maximum atomic E-state index is 10.8. The summed E-state index contributed by atoms with van der Waals surface area (Å²) in [4.78, 5) is 14.2. The van der Waals surface area contributed by atoms with Crippen molar-refractivity contribution in [2.24, 2.45) is 5.92 Å². The minimum Gasteiger partial charge on any atom is -0.486 e. The van der Waals surface area contributed by atoms with Gasteiger partial charge in [0.15, 0.2) is 0 Å². The topological polar surface area (TPSA) is 65.3 Å². The van der Waals surface area contributed by atoms with Crippen molar-refractivity contribution in [3.8, 4) is 5.75 Å². The molecule has 1 heterocycles. The number of hydrogen-bond acceptors (Lipinski definition) is 5. The van der Waals surface area contributed by atoms with E-state index in [9.17, 15) is 10.1 Å². The Morgan fingerprint density at radius 2 is 2.22 bits per heavy atom. The van der Waals surface area contributed by atoms with Gasteiger partial charge >= 0.3 is 5.82 Å². The third kappa shape index (κ3) is 4.52. The van der Waals surface area contributed by atoms with Gasteiger partial charge in [-0.1, -0.05) is 6.92 Å². The molecule has 5 nitrogen and oxygen atoms in total. The fraction of sp³-hybridized carbons (Fsp3) is 0.583. The molecule has 0 aliphatic rings. The lowest BCUT2D eigenvalue weighted by Crippen LogP contribution is -2.07. The van der Waals surface area contributed by atoms with Crippen LogP contribution in [0.25, 0.3) is 0 Å². The molecule has 0 aliphatic heterocycles. The van der Waals surface area contributed by atoms with E-state index in [4.69, 9.17) is 4.74 Å². The van der Waals surface area contributed by atoms with E-state index in [1.54, 1.807) is 19.1 Å².